The SMILES string of the molecule is CC(=O)O.CC(=O)OCl. The molecule has 4 nitrogen and oxygen atoms in total. The third-order valence-corrected chi connectivity index (χ3v) is 0.326. The lowest BCUT2D eigenvalue weighted by molar-refractivity contribution is -0.134. The van der Waals surface area contributed by atoms with Crippen LogP contribution in [0.2, 0.25) is 0 Å². The zero-order chi connectivity index (χ0) is 7.86. The van der Waals surface area contributed by atoms with Crippen molar-refractivity contribution < 1.29 is 19.0 Å². The van der Waals surface area contributed by atoms with Crippen LogP contribution >= 0.6 is 11.9 Å². The standard InChI is InChI=1S/C2H3ClO2.C2H4O2/c1-2(4)5-3;1-2(3)4/h1H3;1H3,(H,3,4). The van der Waals surface area contributed by atoms with Crippen LogP contribution in [0.1, 0.15) is 13.8 Å². The molecule has 0 atom stereocenters. The fourth-order valence-corrected chi connectivity index (χ4v) is 0. The molecule has 5 heteroatoms. The lowest BCUT2D eigenvalue weighted by Gasteiger charge is -1.74. The van der Waals surface area contributed by atoms with Crippen LogP contribution in [0.5, 0.6) is 0 Å². The van der Waals surface area contributed by atoms with E-state index in [4.69, 9.17) is 9.90 Å². The van der Waals surface area contributed by atoms with Gasteiger partial charge in [-0.15, -0.1) is 0 Å². The highest BCUT2D eigenvalue weighted by Crippen LogP contribution is 1.75. The number of carboxylic acids is 1. The molecule has 0 aliphatic rings. The van der Waals surface area contributed by atoms with Crippen LogP contribution in [0.15, 0.2) is 0 Å². The minimum Gasteiger partial charge on any atom is -0.481 e. The van der Waals surface area contributed by atoms with Crippen molar-refractivity contribution in [3.8, 4) is 0 Å². The normalized spacial score (nSPS) is 6.56. The Morgan fingerprint density at radius 1 is 1.44 bits per heavy atom. The Morgan fingerprint density at radius 3 is 1.56 bits per heavy atom. The van der Waals surface area contributed by atoms with Crippen molar-refractivity contribution in [3.05, 3.63) is 0 Å². The molecular weight excluding hydrogens is 147 g/mol. The van der Waals surface area contributed by atoms with Crippen LogP contribution in [-0.2, 0) is 13.9 Å². The van der Waals surface area contributed by atoms with Gasteiger partial charge in [0, 0.05) is 13.8 Å². The number of rotatable bonds is 0. The average Bonchev–Trinajstić information content (AvgIpc) is 1.65. The molecule has 54 valence electrons. The number of aliphatic carboxylic acids is 1. The van der Waals surface area contributed by atoms with Crippen molar-refractivity contribution in [2.45, 2.75) is 13.8 Å². The minimum absolute atomic E-state index is 0.480. The minimum atomic E-state index is -0.833. The van der Waals surface area contributed by atoms with Gasteiger partial charge in [-0.2, -0.15) is 0 Å². The van der Waals surface area contributed by atoms with Gasteiger partial charge in [-0.05, 0) is 0 Å². The monoisotopic (exact) mass is 154 g/mol. The molecule has 0 aromatic rings. The Hall–Kier alpha value is -0.770. The second-order valence-corrected chi connectivity index (χ2v) is 1.24. The highest BCUT2D eigenvalue weighted by atomic mass is 35.5. The van der Waals surface area contributed by atoms with E-state index < -0.39 is 11.9 Å². The van der Waals surface area contributed by atoms with Gasteiger partial charge in [0.2, 0.25) is 0 Å². The second-order valence-electron chi connectivity index (χ2n) is 1.09. The molecule has 0 rings (SSSR count). The van der Waals surface area contributed by atoms with Crippen molar-refractivity contribution >= 4 is 23.8 Å². The maximum Gasteiger partial charge on any atom is 0.321 e. The van der Waals surface area contributed by atoms with Gasteiger partial charge in [-0.25, -0.2) is 0 Å². The van der Waals surface area contributed by atoms with Crippen molar-refractivity contribution in [3.63, 3.8) is 0 Å². The van der Waals surface area contributed by atoms with Crippen LogP contribution in [-0.4, -0.2) is 17.0 Å². The largest absolute Gasteiger partial charge is 0.481 e. The molecule has 0 unspecified atom stereocenters. The van der Waals surface area contributed by atoms with Crippen LogP contribution in [0.25, 0.3) is 0 Å². The molecular formula is C4H7ClO4. The third-order valence-electron chi connectivity index (χ3n) is 0.109. The van der Waals surface area contributed by atoms with E-state index in [0.717, 1.165) is 6.92 Å². The molecule has 0 fully saturated rings. The first-order valence-electron chi connectivity index (χ1n) is 1.99. The lowest BCUT2D eigenvalue weighted by atomic mass is 10.9. The summed E-state index contributed by atoms with van der Waals surface area (Å²) in [6.07, 6.45) is 0. The quantitative estimate of drug-likeness (QED) is 0.561. The van der Waals surface area contributed by atoms with Gasteiger partial charge in [-0.1, -0.05) is 0 Å². The van der Waals surface area contributed by atoms with Gasteiger partial charge in [0.25, 0.3) is 5.97 Å². The van der Waals surface area contributed by atoms with Crippen LogP contribution in [0.3, 0.4) is 0 Å². The molecule has 0 heterocycles. The molecule has 9 heavy (non-hydrogen) atoms. The van der Waals surface area contributed by atoms with Crippen molar-refractivity contribution in [1.29, 1.82) is 0 Å². The Labute approximate surface area is 57.5 Å². The van der Waals surface area contributed by atoms with Crippen molar-refractivity contribution in [2.24, 2.45) is 0 Å². The van der Waals surface area contributed by atoms with E-state index in [2.05, 4.69) is 16.2 Å². The first kappa shape index (κ1) is 11.1. The summed E-state index contributed by atoms with van der Waals surface area (Å²) < 4.78 is 3.58. The molecule has 0 radical (unpaired) electrons. The van der Waals surface area contributed by atoms with E-state index in [1.54, 1.807) is 0 Å². The fourth-order valence-electron chi connectivity index (χ4n) is 0. The van der Waals surface area contributed by atoms with Crippen LogP contribution in [0.4, 0.5) is 0 Å². The molecule has 0 aromatic carbocycles. The Balaban J connectivity index is 0. The molecule has 0 saturated heterocycles. The smallest absolute Gasteiger partial charge is 0.321 e. The lowest BCUT2D eigenvalue weighted by Crippen LogP contribution is -1.82. The topological polar surface area (TPSA) is 63.6 Å². The fraction of sp³-hybridized carbons (Fsp3) is 0.500. The number of hydrogen-bond acceptors (Lipinski definition) is 3. The predicted molar refractivity (Wildman–Crippen MR) is 30.9 cm³/mol. The van der Waals surface area contributed by atoms with E-state index in [0.29, 0.717) is 0 Å². The summed E-state index contributed by atoms with van der Waals surface area (Å²) in [5, 5.41) is 7.42. The van der Waals surface area contributed by atoms with Gasteiger partial charge in [-0.3, -0.25) is 9.59 Å². The van der Waals surface area contributed by atoms with Gasteiger partial charge >= 0.3 is 5.97 Å². The molecule has 0 aliphatic heterocycles. The summed E-state index contributed by atoms with van der Waals surface area (Å²) in [5.41, 5.74) is 0. The summed E-state index contributed by atoms with van der Waals surface area (Å²) >= 11 is 4.49. The van der Waals surface area contributed by atoms with Gasteiger partial charge in [0.05, 0.1) is 0 Å². The average molecular weight is 155 g/mol. The summed E-state index contributed by atoms with van der Waals surface area (Å²) in [4.78, 5) is 18.5. The van der Waals surface area contributed by atoms with Gasteiger partial charge < -0.3 is 9.40 Å². The maximum absolute atomic E-state index is 9.46. The van der Waals surface area contributed by atoms with Crippen molar-refractivity contribution in [1.82, 2.24) is 0 Å². The van der Waals surface area contributed by atoms with E-state index in [1.807, 2.05) is 0 Å². The van der Waals surface area contributed by atoms with Gasteiger partial charge in [0.15, 0.2) is 0 Å². The number of hydrogen-bond donors (Lipinski definition) is 1. The van der Waals surface area contributed by atoms with Crippen LogP contribution in [0, 0.1) is 0 Å². The molecule has 0 bridgehead atoms. The molecule has 0 saturated carbocycles. The number of halogens is 1. The van der Waals surface area contributed by atoms with E-state index in [1.165, 1.54) is 6.92 Å². The summed E-state index contributed by atoms with van der Waals surface area (Å²) in [6.45, 7) is 2.31. The second kappa shape index (κ2) is 7.23. The number of carbonyl (C=O) groups excluding carboxylic acids is 1. The maximum atomic E-state index is 9.46. The number of carboxylic acid groups (broad SMARTS) is 1. The Morgan fingerprint density at radius 2 is 1.56 bits per heavy atom. The Bertz CT molecular complexity index is 96.7. The molecule has 0 aliphatic carbocycles. The van der Waals surface area contributed by atoms with Crippen LogP contribution < -0.4 is 0 Å². The molecule has 0 spiro atoms. The zero-order valence-electron chi connectivity index (χ0n) is 5.05. The van der Waals surface area contributed by atoms with E-state index >= 15 is 0 Å². The zero-order valence-corrected chi connectivity index (χ0v) is 5.81. The highest BCUT2D eigenvalue weighted by molar-refractivity contribution is 6.12. The summed E-state index contributed by atoms with van der Waals surface area (Å²) in [7, 11) is 0. The molecule has 0 amide bonds. The molecule has 1 N–H and O–H groups in total. The summed E-state index contributed by atoms with van der Waals surface area (Å²) in [6, 6.07) is 0. The summed E-state index contributed by atoms with van der Waals surface area (Å²) in [5.74, 6) is -1.31. The Kier molecular flexibility index (Phi) is 8.90. The first-order chi connectivity index (χ1) is 4.00. The van der Waals surface area contributed by atoms with E-state index in [-0.39, 0.29) is 0 Å². The van der Waals surface area contributed by atoms with E-state index in [9.17, 15) is 4.79 Å². The highest BCUT2D eigenvalue weighted by Gasteiger charge is 1.79. The molecule has 0 aromatic heterocycles. The van der Waals surface area contributed by atoms with Crippen molar-refractivity contribution in [2.75, 3.05) is 0 Å². The predicted octanol–water partition coefficient (Wildman–Crippen LogP) is 0.794. The van der Waals surface area contributed by atoms with Gasteiger partial charge in [0.1, 0.15) is 11.9 Å². The third kappa shape index (κ3) is 131. The first-order valence-corrected chi connectivity index (χ1v) is 2.30. The number of carbonyl (C=O) groups is 2.